The van der Waals surface area contributed by atoms with Crippen LogP contribution in [0.5, 0.6) is 5.75 Å². The van der Waals surface area contributed by atoms with E-state index in [9.17, 15) is 40.8 Å². The van der Waals surface area contributed by atoms with E-state index in [0.717, 1.165) is 13.2 Å². The normalized spacial score (nSPS) is 17.5. The predicted molar refractivity (Wildman–Crippen MR) is 135 cm³/mol. The molecule has 1 aromatic carbocycles. The van der Waals surface area contributed by atoms with Crippen LogP contribution in [0.15, 0.2) is 24.4 Å². The summed E-state index contributed by atoms with van der Waals surface area (Å²) in [5.74, 6) is -2.83. The number of nitriles is 1. The molecule has 5 rings (SSSR count). The summed E-state index contributed by atoms with van der Waals surface area (Å²) in [6, 6.07) is 6.03. The van der Waals surface area contributed by atoms with Crippen LogP contribution in [-0.2, 0) is 17.5 Å². The summed E-state index contributed by atoms with van der Waals surface area (Å²) in [6.45, 7) is 3.24. The van der Waals surface area contributed by atoms with E-state index < -0.39 is 58.8 Å². The average molecular weight is 653 g/mol. The summed E-state index contributed by atoms with van der Waals surface area (Å²) >= 11 is 6.33. The second kappa shape index (κ2) is 10.3. The largest absolute Gasteiger partial charge is 0.448 e. The number of rotatable bonds is 7. The molecule has 1 atom stereocenters. The van der Waals surface area contributed by atoms with Crippen molar-refractivity contribution in [3.05, 3.63) is 46.4 Å². The predicted octanol–water partition coefficient (Wildman–Crippen LogP) is 6.46. The molecule has 3 heterocycles. The van der Waals surface area contributed by atoms with E-state index in [-0.39, 0.29) is 34.5 Å². The van der Waals surface area contributed by atoms with Gasteiger partial charge in [-0.3, -0.25) is 9.69 Å². The third-order valence-corrected chi connectivity index (χ3v) is 7.59. The molecule has 9 nitrogen and oxygen atoms in total. The molecular formula is C26H21ClF8N6O3. The summed E-state index contributed by atoms with van der Waals surface area (Å²) in [5, 5.41) is 16.7. The van der Waals surface area contributed by atoms with Crippen LogP contribution in [0.3, 0.4) is 0 Å². The van der Waals surface area contributed by atoms with Crippen molar-refractivity contribution >= 4 is 17.5 Å². The fourth-order valence-electron chi connectivity index (χ4n) is 4.78. The van der Waals surface area contributed by atoms with E-state index >= 15 is 4.39 Å². The maximum Gasteiger partial charge on any atom is 0.437 e. The molecule has 0 N–H and O–H groups in total. The third kappa shape index (κ3) is 4.74. The lowest BCUT2D eigenvalue weighted by atomic mass is 9.99. The molecule has 1 unspecified atom stereocenters. The molecule has 0 saturated heterocycles. The van der Waals surface area contributed by atoms with Crippen LogP contribution < -0.4 is 4.74 Å². The Hall–Kier alpha value is -3.91. The number of benzene rings is 1. The standard InChI is InChI=1S/C26H21ClF8N6O3/c1-12(2)43-11-40(23(10-36)6-7-23)22(42)14-8-13(4-5-16(14)27)15-9-37-41-17(15)20(28)44-18-19(38-39(3)21(18)41)24(29,25(30,31)32)26(33,34)35/h4-5,8-9,12,20H,6-7,11H2,1-3H3. The zero-order chi connectivity index (χ0) is 32.6. The van der Waals surface area contributed by atoms with E-state index in [1.54, 1.807) is 13.8 Å². The number of hydrogen-bond donors (Lipinski definition) is 0. The van der Waals surface area contributed by atoms with Gasteiger partial charge < -0.3 is 9.47 Å². The van der Waals surface area contributed by atoms with Gasteiger partial charge >= 0.3 is 18.0 Å². The van der Waals surface area contributed by atoms with Crippen molar-refractivity contribution in [2.24, 2.45) is 7.05 Å². The van der Waals surface area contributed by atoms with Crippen LogP contribution in [0, 0.1) is 11.3 Å². The molecule has 236 valence electrons. The molecule has 0 radical (unpaired) electrons. The molecule has 1 saturated carbocycles. The van der Waals surface area contributed by atoms with Crippen LogP contribution in [0.4, 0.5) is 35.1 Å². The first kappa shape index (κ1) is 31.5. The van der Waals surface area contributed by atoms with Crippen molar-refractivity contribution in [1.82, 2.24) is 24.5 Å². The lowest BCUT2D eigenvalue weighted by molar-refractivity contribution is -0.350. The molecule has 0 bridgehead atoms. The maximum absolute atomic E-state index is 15.5. The van der Waals surface area contributed by atoms with E-state index in [2.05, 4.69) is 16.3 Å². The lowest BCUT2D eigenvalue weighted by Crippen LogP contribution is -2.51. The number of amides is 1. The molecule has 0 spiro atoms. The summed E-state index contributed by atoms with van der Waals surface area (Å²) in [4.78, 5) is 14.8. The van der Waals surface area contributed by atoms with Crippen LogP contribution in [0.1, 0.15) is 54.8 Å². The molecule has 3 aromatic rings. The highest BCUT2D eigenvalue weighted by Gasteiger charge is 2.76. The van der Waals surface area contributed by atoms with Crippen molar-refractivity contribution < 1.29 is 49.4 Å². The second-order valence-corrected chi connectivity index (χ2v) is 10.9. The molecule has 1 amide bonds. The Morgan fingerprint density at radius 3 is 2.41 bits per heavy atom. The van der Waals surface area contributed by atoms with Crippen molar-refractivity contribution in [3.8, 4) is 28.8 Å². The minimum atomic E-state index is -6.52. The fourth-order valence-corrected chi connectivity index (χ4v) is 4.98. The van der Waals surface area contributed by atoms with E-state index in [1.807, 2.05) is 0 Å². The highest BCUT2D eigenvalue weighted by Crippen LogP contribution is 2.57. The molecular weight excluding hydrogens is 632 g/mol. The minimum absolute atomic E-state index is 0.0340. The molecule has 2 aromatic heterocycles. The van der Waals surface area contributed by atoms with Crippen LogP contribution in [-0.4, -0.2) is 61.1 Å². The number of fused-ring (bicyclic) bond motifs is 3. The Bertz CT molecular complexity index is 1660. The van der Waals surface area contributed by atoms with E-state index in [0.29, 0.717) is 22.2 Å². The number of carbonyl (C=O) groups excluding carboxylic acids is 1. The highest BCUT2D eigenvalue weighted by molar-refractivity contribution is 6.34. The first-order valence-electron chi connectivity index (χ1n) is 12.8. The number of carbonyl (C=O) groups is 1. The lowest BCUT2D eigenvalue weighted by Gasteiger charge is -2.30. The number of aryl methyl sites for hydroxylation is 1. The SMILES string of the molecule is CC(C)OCN(C(=O)c1cc(-c2cnn3c2C(F)Oc2c(C(F)(C(F)(F)F)C(F)(F)F)nn(C)c2-3)ccc1Cl)C1(C#N)CC1. The molecule has 2 aliphatic rings. The summed E-state index contributed by atoms with van der Waals surface area (Å²) in [7, 11) is 0.901. The molecule has 18 heteroatoms. The zero-order valence-electron chi connectivity index (χ0n) is 22.9. The summed E-state index contributed by atoms with van der Waals surface area (Å²) in [5.41, 5.74) is -9.92. The van der Waals surface area contributed by atoms with Crippen molar-refractivity contribution in [3.63, 3.8) is 0 Å². The van der Waals surface area contributed by atoms with Gasteiger partial charge in [-0.1, -0.05) is 17.7 Å². The Morgan fingerprint density at radius 1 is 1.23 bits per heavy atom. The van der Waals surface area contributed by atoms with Crippen molar-refractivity contribution in [2.45, 2.75) is 62.7 Å². The first-order valence-corrected chi connectivity index (χ1v) is 13.2. The quantitative estimate of drug-likeness (QED) is 0.215. The van der Waals surface area contributed by atoms with Gasteiger partial charge in [-0.15, -0.1) is 0 Å². The van der Waals surface area contributed by atoms with Crippen molar-refractivity contribution in [2.75, 3.05) is 6.73 Å². The monoisotopic (exact) mass is 652 g/mol. The average Bonchev–Trinajstić information content (AvgIpc) is 3.47. The molecule has 1 fully saturated rings. The molecule has 1 aliphatic carbocycles. The number of halogens is 9. The van der Waals surface area contributed by atoms with Crippen LogP contribution >= 0.6 is 11.6 Å². The third-order valence-electron chi connectivity index (χ3n) is 7.26. The van der Waals surface area contributed by atoms with E-state index in [1.165, 1.54) is 23.1 Å². The molecule has 44 heavy (non-hydrogen) atoms. The van der Waals surface area contributed by atoms with Crippen LogP contribution in [0.25, 0.3) is 16.9 Å². The van der Waals surface area contributed by atoms with Crippen molar-refractivity contribution in [1.29, 1.82) is 5.26 Å². The Balaban J connectivity index is 1.60. The van der Waals surface area contributed by atoms with Gasteiger partial charge in [-0.25, -0.2) is 13.8 Å². The summed E-state index contributed by atoms with van der Waals surface area (Å²) in [6.07, 6.45) is -14.3. The van der Waals surface area contributed by atoms with E-state index in [4.69, 9.17) is 21.1 Å². The number of ether oxygens (including phenoxy) is 2. The zero-order valence-corrected chi connectivity index (χ0v) is 23.7. The fraction of sp³-hybridized carbons (Fsp3) is 0.462. The number of hydrogen-bond acceptors (Lipinski definition) is 6. The Kier molecular flexibility index (Phi) is 7.40. The van der Waals surface area contributed by atoms with Gasteiger partial charge in [0.1, 0.15) is 18.0 Å². The van der Waals surface area contributed by atoms with Gasteiger partial charge in [0.2, 0.25) is 0 Å². The summed E-state index contributed by atoms with van der Waals surface area (Å²) < 4.78 is 123. The van der Waals surface area contributed by atoms with Crippen LogP contribution in [0.2, 0.25) is 5.02 Å². The van der Waals surface area contributed by atoms with Gasteiger partial charge in [0, 0.05) is 12.6 Å². The van der Waals surface area contributed by atoms with Gasteiger partial charge in [0.15, 0.2) is 17.3 Å². The Morgan fingerprint density at radius 2 is 1.86 bits per heavy atom. The Labute approximate surface area is 248 Å². The second-order valence-electron chi connectivity index (χ2n) is 10.5. The topological polar surface area (TPSA) is 98.2 Å². The smallest absolute Gasteiger partial charge is 0.437 e. The number of nitrogens with zero attached hydrogens (tertiary/aromatic N) is 6. The van der Waals surface area contributed by atoms with Gasteiger partial charge in [0.25, 0.3) is 12.3 Å². The van der Waals surface area contributed by atoms with Gasteiger partial charge in [-0.05, 0) is 44.4 Å². The maximum atomic E-state index is 15.5. The highest BCUT2D eigenvalue weighted by atomic mass is 35.5. The molecule has 1 aliphatic heterocycles. The number of alkyl halides is 8. The first-order chi connectivity index (χ1) is 20.4. The number of aromatic nitrogens is 4. The van der Waals surface area contributed by atoms with Gasteiger partial charge in [0.05, 0.1) is 29.0 Å². The minimum Gasteiger partial charge on any atom is -0.448 e. The van der Waals surface area contributed by atoms with Gasteiger partial charge in [-0.2, -0.15) is 46.2 Å².